The molecule has 0 aliphatic carbocycles. The number of aliphatic hydroxyl groups is 4. The van der Waals surface area contributed by atoms with Crippen LogP contribution in [0.25, 0.3) is 0 Å². The molecular formula is C4H12O6Ru. The topological polar surface area (TPSA) is 115 Å². The third kappa shape index (κ3) is 154. The van der Waals surface area contributed by atoms with Crippen molar-refractivity contribution in [2.45, 2.75) is 0 Å². The molecular weight excluding hydrogens is 245 g/mol. The molecule has 0 spiro atoms. The maximum absolute atomic E-state index is 8.46. The molecule has 0 unspecified atom stereocenters. The maximum atomic E-state index is 8.46. The summed E-state index contributed by atoms with van der Waals surface area (Å²) in [6.07, 6.45) is 0. The van der Waals surface area contributed by atoms with E-state index < -0.39 is 17.0 Å². The van der Waals surface area contributed by atoms with Gasteiger partial charge in [0.25, 0.3) is 0 Å². The van der Waals surface area contributed by atoms with Gasteiger partial charge in [-0.3, -0.25) is 0 Å². The van der Waals surface area contributed by atoms with E-state index in [0.717, 1.165) is 0 Å². The van der Waals surface area contributed by atoms with Crippen LogP contribution in [0.1, 0.15) is 0 Å². The van der Waals surface area contributed by atoms with E-state index in [1.54, 1.807) is 0 Å². The van der Waals surface area contributed by atoms with Gasteiger partial charge in [0.2, 0.25) is 0 Å². The molecule has 0 aliphatic rings. The number of hydrogen-bond acceptors (Lipinski definition) is 6. The van der Waals surface area contributed by atoms with E-state index in [1.807, 2.05) is 0 Å². The van der Waals surface area contributed by atoms with Crippen LogP contribution in [0.2, 0.25) is 0 Å². The van der Waals surface area contributed by atoms with E-state index in [4.69, 9.17) is 27.6 Å². The minimum absolute atomic E-state index is 0.125. The average molecular weight is 257 g/mol. The van der Waals surface area contributed by atoms with Crippen LogP contribution < -0.4 is 0 Å². The molecule has 4 N–H and O–H groups in total. The summed E-state index contributed by atoms with van der Waals surface area (Å²) < 4.78 is 16.9. The van der Waals surface area contributed by atoms with Gasteiger partial charge in [-0.2, -0.15) is 0 Å². The van der Waals surface area contributed by atoms with Crippen molar-refractivity contribution in [1.82, 2.24) is 0 Å². The van der Waals surface area contributed by atoms with Crippen LogP contribution >= 0.6 is 0 Å². The second-order valence-electron chi connectivity index (χ2n) is 0.953. The van der Waals surface area contributed by atoms with Crippen LogP contribution in [0.4, 0.5) is 0 Å². The van der Waals surface area contributed by atoms with Gasteiger partial charge in [-0.05, 0) is 0 Å². The Morgan fingerprint density at radius 3 is 0.818 bits per heavy atom. The fraction of sp³-hybridized carbons (Fsp3) is 1.00. The number of hydrogen-bond donors (Lipinski definition) is 4. The molecule has 0 radical (unpaired) electrons. The van der Waals surface area contributed by atoms with Crippen molar-refractivity contribution in [3.63, 3.8) is 0 Å². The van der Waals surface area contributed by atoms with E-state index in [9.17, 15) is 0 Å². The van der Waals surface area contributed by atoms with E-state index >= 15 is 0 Å². The summed E-state index contributed by atoms with van der Waals surface area (Å²) in [4.78, 5) is 0. The fourth-order valence-electron chi connectivity index (χ4n) is 0. The molecule has 0 saturated heterocycles. The molecule has 0 atom stereocenters. The summed E-state index contributed by atoms with van der Waals surface area (Å²) in [6, 6.07) is 0. The Balaban J connectivity index is -0.0000000886. The molecule has 0 rings (SSSR count). The van der Waals surface area contributed by atoms with E-state index in [2.05, 4.69) is 0 Å². The van der Waals surface area contributed by atoms with E-state index in [1.165, 1.54) is 0 Å². The van der Waals surface area contributed by atoms with E-state index in [0.29, 0.717) is 0 Å². The predicted octanol–water partition coefficient (Wildman–Crippen LogP) is -2.30. The Hall–Kier alpha value is 0.0634. The molecule has 0 fully saturated rings. The molecule has 0 aliphatic heterocycles. The molecule has 0 saturated carbocycles. The molecule has 0 aromatic heterocycles. The molecule has 7 heteroatoms. The van der Waals surface area contributed by atoms with Gasteiger partial charge in [0, 0.05) is 0 Å². The zero-order chi connectivity index (χ0) is 9.54. The second kappa shape index (κ2) is 32.2. The zero-order valence-corrected chi connectivity index (χ0v) is 7.53. The number of rotatable bonds is 2. The first-order valence-corrected chi connectivity index (χ1v) is 3.97. The van der Waals surface area contributed by atoms with Gasteiger partial charge in [-0.25, -0.2) is 0 Å². The summed E-state index contributed by atoms with van der Waals surface area (Å²) in [7, 11) is 0. The third-order valence-electron chi connectivity index (χ3n) is 0.200. The van der Waals surface area contributed by atoms with Crippen LogP contribution in [-0.2, 0) is 24.2 Å². The van der Waals surface area contributed by atoms with E-state index in [-0.39, 0.29) is 26.4 Å². The van der Waals surface area contributed by atoms with Crippen LogP contribution in [0.5, 0.6) is 0 Å². The average Bonchev–Trinajstić information content (AvgIpc) is 2.06. The van der Waals surface area contributed by atoms with Crippen molar-refractivity contribution in [3.05, 3.63) is 0 Å². The molecule has 72 valence electrons. The van der Waals surface area contributed by atoms with Crippen molar-refractivity contribution in [1.29, 1.82) is 0 Å². The minimum atomic E-state index is -1.79. The third-order valence-corrected chi connectivity index (χ3v) is 0.200. The standard InChI is InChI=1S/2C2H6O2.2O.Ru/c2*3-1-2-4;;;/h2*3-4H,1-2H2;;;. The molecule has 0 aromatic carbocycles. The van der Waals surface area contributed by atoms with Gasteiger partial charge in [0.05, 0.1) is 26.4 Å². The van der Waals surface area contributed by atoms with Gasteiger partial charge in [0.15, 0.2) is 0 Å². The predicted molar refractivity (Wildman–Crippen MR) is 29.7 cm³/mol. The van der Waals surface area contributed by atoms with Crippen molar-refractivity contribution in [2.75, 3.05) is 26.4 Å². The van der Waals surface area contributed by atoms with Crippen LogP contribution in [0.3, 0.4) is 0 Å². The normalized spacial score (nSPS) is 6.91. The van der Waals surface area contributed by atoms with Gasteiger partial charge in [-0.1, -0.05) is 0 Å². The molecule has 6 nitrogen and oxygen atoms in total. The first-order valence-electron chi connectivity index (χ1n) is 2.55. The summed E-state index contributed by atoms with van der Waals surface area (Å²) in [6.45, 7) is -0.500. The first kappa shape index (κ1) is 17.2. The SMILES string of the molecule is OCCO.OCCO.[O]=[Ru]=[O]. The summed E-state index contributed by atoms with van der Waals surface area (Å²) >= 11 is -1.79. The van der Waals surface area contributed by atoms with Crippen LogP contribution in [-0.4, -0.2) is 46.9 Å². The summed E-state index contributed by atoms with van der Waals surface area (Å²) in [5, 5.41) is 30.5. The van der Waals surface area contributed by atoms with Crippen LogP contribution in [0, 0.1) is 0 Å². The molecule has 0 heterocycles. The van der Waals surface area contributed by atoms with Crippen molar-refractivity contribution in [3.8, 4) is 0 Å². The summed E-state index contributed by atoms with van der Waals surface area (Å²) in [5.74, 6) is 0. The Morgan fingerprint density at radius 2 is 0.818 bits per heavy atom. The Labute approximate surface area is 71.6 Å². The number of aliphatic hydroxyl groups excluding tert-OH is 4. The molecule has 0 aromatic rings. The monoisotopic (exact) mass is 258 g/mol. The molecule has 0 amide bonds. The first-order chi connectivity index (χ1) is 5.24. The zero-order valence-electron chi connectivity index (χ0n) is 5.79. The van der Waals surface area contributed by atoms with Gasteiger partial charge < -0.3 is 20.4 Å². The second-order valence-corrected chi connectivity index (χ2v) is 1.24. The fourth-order valence-corrected chi connectivity index (χ4v) is 0. The Bertz CT molecular complexity index is 63.0. The molecule has 11 heavy (non-hydrogen) atoms. The van der Waals surface area contributed by atoms with Gasteiger partial charge in [0.1, 0.15) is 0 Å². The Kier molecular flexibility index (Phi) is 50.5. The van der Waals surface area contributed by atoms with Gasteiger partial charge in [-0.15, -0.1) is 0 Å². The van der Waals surface area contributed by atoms with Gasteiger partial charge >= 0.3 is 24.2 Å². The van der Waals surface area contributed by atoms with Crippen LogP contribution in [0.15, 0.2) is 0 Å². The Morgan fingerprint density at radius 1 is 0.727 bits per heavy atom. The van der Waals surface area contributed by atoms with Crippen molar-refractivity contribution in [2.24, 2.45) is 0 Å². The summed E-state index contributed by atoms with van der Waals surface area (Å²) in [5.41, 5.74) is 0. The van der Waals surface area contributed by atoms with Crippen molar-refractivity contribution >= 4 is 0 Å². The van der Waals surface area contributed by atoms with Crippen molar-refractivity contribution < 1.29 is 44.6 Å². The molecule has 0 bridgehead atoms. The quantitative estimate of drug-likeness (QED) is 0.414.